The minimum absolute atomic E-state index is 0.0211. The molecule has 25 heavy (non-hydrogen) atoms. The SMILES string of the molecule is O=C(Nc1ccc(F)c(F)c1F)NC1CCCCCCCCCCC1. The molecule has 3 nitrogen and oxygen atoms in total. The number of carbonyl (C=O) groups excluding carboxylic acids is 1. The fraction of sp³-hybridized carbons (Fsp3) is 0.632. The molecule has 1 aromatic carbocycles. The average molecular weight is 356 g/mol. The standard InChI is InChI=1S/C19H27F3N2O/c20-15-12-13-16(18(22)17(15)21)24-19(25)23-14-10-8-6-4-2-1-3-5-7-9-11-14/h12-14H,1-11H2,(H2,23,24,25). The molecule has 1 saturated carbocycles. The Bertz CT molecular complexity index is 554. The Kier molecular flexibility index (Phi) is 8.09. The Morgan fingerprint density at radius 2 is 1.32 bits per heavy atom. The van der Waals surface area contributed by atoms with Crippen molar-refractivity contribution in [3.8, 4) is 0 Å². The number of hydrogen-bond donors (Lipinski definition) is 2. The molecular formula is C19H27F3N2O. The molecule has 2 amide bonds. The van der Waals surface area contributed by atoms with Crippen LogP contribution in [-0.2, 0) is 0 Å². The molecule has 2 N–H and O–H groups in total. The molecule has 0 spiro atoms. The van der Waals surface area contributed by atoms with Crippen LogP contribution in [-0.4, -0.2) is 12.1 Å². The van der Waals surface area contributed by atoms with E-state index in [0.29, 0.717) is 0 Å². The Morgan fingerprint density at radius 1 is 0.800 bits per heavy atom. The van der Waals surface area contributed by atoms with Gasteiger partial charge in [-0.2, -0.15) is 0 Å². The zero-order valence-corrected chi connectivity index (χ0v) is 14.6. The molecular weight excluding hydrogens is 329 g/mol. The smallest absolute Gasteiger partial charge is 0.319 e. The van der Waals surface area contributed by atoms with Gasteiger partial charge in [-0.25, -0.2) is 18.0 Å². The van der Waals surface area contributed by atoms with Gasteiger partial charge in [0.25, 0.3) is 0 Å². The molecule has 0 atom stereocenters. The zero-order chi connectivity index (χ0) is 18.1. The molecule has 1 fully saturated rings. The van der Waals surface area contributed by atoms with Gasteiger partial charge in [-0.1, -0.05) is 57.8 Å². The first-order chi connectivity index (χ1) is 12.1. The van der Waals surface area contributed by atoms with Crippen LogP contribution in [0.4, 0.5) is 23.7 Å². The first-order valence-electron chi connectivity index (χ1n) is 9.29. The number of nitrogens with one attached hydrogen (secondary N) is 2. The molecule has 0 radical (unpaired) electrons. The highest BCUT2D eigenvalue weighted by Gasteiger charge is 2.17. The molecule has 140 valence electrons. The van der Waals surface area contributed by atoms with Crippen LogP contribution in [0.3, 0.4) is 0 Å². The third-order valence-corrected chi connectivity index (χ3v) is 4.72. The van der Waals surface area contributed by atoms with Crippen molar-refractivity contribution >= 4 is 11.7 Å². The van der Waals surface area contributed by atoms with Crippen molar-refractivity contribution in [2.45, 2.75) is 76.7 Å². The van der Waals surface area contributed by atoms with Crippen LogP contribution in [0.2, 0.25) is 0 Å². The van der Waals surface area contributed by atoms with E-state index in [9.17, 15) is 18.0 Å². The Hall–Kier alpha value is -1.72. The highest BCUT2D eigenvalue weighted by Crippen LogP contribution is 2.20. The fourth-order valence-electron chi connectivity index (χ4n) is 3.27. The first kappa shape index (κ1) is 19.6. The van der Waals surface area contributed by atoms with Gasteiger partial charge in [-0.05, 0) is 25.0 Å². The summed E-state index contributed by atoms with van der Waals surface area (Å²) in [5.41, 5.74) is -0.357. The van der Waals surface area contributed by atoms with E-state index in [1.807, 2.05) is 0 Å². The monoisotopic (exact) mass is 356 g/mol. The second-order valence-electron chi connectivity index (χ2n) is 6.78. The Morgan fingerprint density at radius 3 is 1.88 bits per heavy atom. The molecule has 0 aliphatic heterocycles. The lowest BCUT2D eigenvalue weighted by molar-refractivity contribution is 0.246. The molecule has 1 aromatic rings. The number of rotatable bonds is 2. The van der Waals surface area contributed by atoms with Crippen molar-refractivity contribution in [3.63, 3.8) is 0 Å². The maximum Gasteiger partial charge on any atom is 0.319 e. The summed E-state index contributed by atoms with van der Waals surface area (Å²) in [5.74, 6) is -4.24. The minimum Gasteiger partial charge on any atom is -0.335 e. The summed E-state index contributed by atoms with van der Waals surface area (Å²) in [5, 5.41) is 5.13. The summed E-state index contributed by atoms with van der Waals surface area (Å²) in [7, 11) is 0. The second kappa shape index (κ2) is 10.3. The van der Waals surface area contributed by atoms with Crippen molar-refractivity contribution in [1.29, 1.82) is 0 Å². The van der Waals surface area contributed by atoms with E-state index in [4.69, 9.17) is 0 Å². The van der Waals surface area contributed by atoms with E-state index in [1.165, 1.54) is 32.1 Å². The average Bonchev–Trinajstić information content (AvgIpc) is 2.58. The van der Waals surface area contributed by atoms with Crippen LogP contribution in [0.5, 0.6) is 0 Å². The van der Waals surface area contributed by atoms with Crippen molar-refractivity contribution in [3.05, 3.63) is 29.6 Å². The van der Waals surface area contributed by atoms with Crippen LogP contribution in [0.15, 0.2) is 12.1 Å². The number of halogens is 3. The van der Waals surface area contributed by atoms with Crippen molar-refractivity contribution in [2.75, 3.05) is 5.32 Å². The van der Waals surface area contributed by atoms with E-state index in [1.54, 1.807) is 0 Å². The van der Waals surface area contributed by atoms with Crippen LogP contribution in [0.25, 0.3) is 0 Å². The summed E-state index contributed by atoms with van der Waals surface area (Å²) in [6, 6.07) is 1.26. The topological polar surface area (TPSA) is 41.1 Å². The number of hydrogen-bond acceptors (Lipinski definition) is 1. The van der Waals surface area contributed by atoms with Gasteiger partial charge in [-0.15, -0.1) is 0 Å². The van der Waals surface area contributed by atoms with Crippen LogP contribution >= 0.6 is 0 Å². The van der Waals surface area contributed by atoms with E-state index >= 15 is 0 Å². The predicted molar refractivity (Wildman–Crippen MR) is 93.0 cm³/mol. The van der Waals surface area contributed by atoms with E-state index < -0.39 is 23.5 Å². The van der Waals surface area contributed by atoms with Crippen LogP contribution in [0.1, 0.15) is 70.6 Å². The van der Waals surface area contributed by atoms with Crippen LogP contribution < -0.4 is 10.6 Å². The van der Waals surface area contributed by atoms with Gasteiger partial charge in [-0.3, -0.25) is 0 Å². The van der Waals surface area contributed by atoms with Gasteiger partial charge >= 0.3 is 6.03 Å². The molecule has 0 aromatic heterocycles. The van der Waals surface area contributed by atoms with Crippen molar-refractivity contribution in [1.82, 2.24) is 5.32 Å². The van der Waals surface area contributed by atoms with Gasteiger partial charge in [0.05, 0.1) is 5.69 Å². The number of anilines is 1. The number of benzene rings is 1. The Labute approximate surface area is 147 Å². The molecule has 1 aliphatic carbocycles. The number of amides is 2. The maximum atomic E-state index is 13.6. The molecule has 0 bridgehead atoms. The predicted octanol–water partition coefficient (Wildman–Crippen LogP) is 5.90. The van der Waals surface area contributed by atoms with Gasteiger partial charge in [0, 0.05) is 6.04 Å². The minimum atomic E-state index is -1.58. The number of carbonyl (C=O) groups is 1. The molecule has 0 unspecified atom stereocenters. The second-order valence-corrected chi connectivity index (χ2v) is 6.78. The summed E-state index contributed by atoms with van der Waals surface area (Å²) >= 11 is 0. The highest BCUT2D eigenvalue weighted by atomic mass is 19.2. The van der Waals surface area contributed by atoms with E-state index in [2.05, 4.69) is 10.6 Å². The normalized spacial score (nSPS) is 18.0. The summed E-state index contributed by atoms with van der Waals surface area (Å²) in [6.07, 6.45) is 12.5. The maximum absolute atomic E-state index is 13.6. The summed E-state index contributed by atoms with van der Waals surface area (Å²) < 4.78 is 39.8. The van der Waals surface area contributed by atoms with Crippen LogP contribution in [0, 0.1) is 17.5 Å². The van der Waals surface area contributed by atoms with Crippen molar-refractivity contribution < 1.29 is 18.0 Å². The quantitative estimate of drug-likeness (QED) is 0.637. The lowest BCUT2D eigenvalue weighted by Gasteiger charge is -2.20. The van der Waals surface area contributed by atoms with Gasteiger partial charge < -0.3 is 10.6 Å². The van der Waals surface area contributed by atoms with Gasteiger partial charge in [0.1, 0.15) is 0 Å². The van der Waals surface area contributed by atoms with E-state index in [0.717, 1.165) is 50.7 Å². The molecule has 1 aliphatic rings. The summed E-state index contributed by atoms with van der Waals surface area (Å²) in [4.78, 5) is 12.1. The Balaban J connectivity index is 1.88. The third kappa shape index (κ3) is 6.59. The summed E-state index contributed by atoms with van der Waals surface area (Å²) in [6.45, 7) is 0. The van der Waals surface area contributed by atoms with Crippen molar-refractivity contribution in [2.24, 2.45) is 0 Å². The van der Waals surface area contributed by atoms with Gasteiger partial charge in [0.15, 0.2) is 17.5 Å². The highest BCUT2D eigenvalue weighted by molar-refractivity contribution is 5.89. The number of urea groups is 1. The lowest BCUT2D eigenvalue weighted by atomic mass is 9.98. The lowest BCUT2D eigenvalue weighted by Crippen LogP contribution is -2.38. The van der Waals surface area contributed by atoms with Gasteiger partial charge in [0.2, 0.25) is 0 Å². The zero-order valence-electron chi connectivity index (χ0n) is 14.6. The first-order valence-corrected chi connectivity index (χ1v) is 9.29. The molecule has 2 rings (SSSR count). The van der Waals surface area contributed by atoms with E-state index in [-0.39, 0.29) is 11.7 Å². The largest absolute Gasteiger partial charge is 0.335 e. The molecule has 0 heterocycles. The molecule has 0 saturated heterocycles. The fourth-order valence-corrected chi connectivity index (χ4v) is 3.27. The molecule has 6 heteroatoms. The third-order valence-electron chi connectivity index (χ3n) is 4.72.